The van der Waals surface area contributed by atoms with Crippen molar-refractivity contribution in [3.8, 4) is 11.8 Å². The van der Waals surface area contributed by atoms with E-state index in [0.717, 1.165) is 31.4 Å². The molecular weight excluding hydrogens is 260 g/mol. The molecule has 2 atom stereocenters. The van der Waals surface area contributed by atoms with Gasteiger partial charge in [-0.2, -0.15) is 5.26 Å². The van der Waals surface area contributed by atoms with Crippen LogP contribution in [0.4, 0.5) is 0 Å². The molecule has 3 heteroatoms. The molecule has 2 unspecified atom stereocenters. The zero-order valence-electron chi connectivity index (χ0n) is 13.8. The Kier molecular flexibility index (Phi) is 7.25. The Labute approximate surface area is 129 Å². The molecule has 0 saturated carbocycles. The average Bonchev–Trinajstić information content (AvgIpc) is 2.55. The monoisotopic (exact) mass is 288 g/mol. The van der Waals surface area contributed by atoms with Crippen molar-refractivity contribution in [3.63, 3.8) is 0 Å². The number of hydrogen-bond acceptors (Lipinski definition) is 3. The van der Waals surface area contributed by atoms with E-state index in [1.165, 1.54) is 5.56 Å². The summed E-state index contributed by atoms with van der Waals surface area (Å²) in [6, 6.07) is 10.7. The lowest BCUT2D eigenvalue weighted by Gasteiger charge is -2.24. The summed E-state index contributed by atoms with van der Waals surface area (Å²) in [5, 5.41) is 12.4. The molecule has 0 aliphatic rings. The van der Waals surface area contributed by atoms with Crippen LogP contribution in [0.1, 0.15) is 57.9 Å². The van der Waals surface area contributed by atoms with Gasteiger partial charge in [0, 0.05) is 0 Å². The molecule has 0 fully saturated rings. The molecule has 0 bridgehead atoms. The van der Waals surface area contributed by atoms with Crippen molar-refractivity contribution >= 4 is 0 Å². The normalized spacial score (nSPS) is 15.0. The summed E-state index contributed by atoms with van der Waals surface area (Å²) < 4.78 is 5.77. The molecule has 1 N–H and O–H groups in total. The number of nitrogens with one attached hydrogen (secondary N) is 1. The van der Waals surface area contributed by atoms with E-state index >= 15 is 0 Å². The van der Waals surface area contributed by atoms with Crippen molar-refractivity contribution in [3.05, 3.63) is 29.8 Å². The second-order valence-corrected chi connectivity index (χ2v) is 5.63. The maximum atomic E-state index is 9.25. The molecule has 0 aromatic heterocycles. The number of rotatable bonds is 9. The summed E-state index contributed by atoms with van der Waals surface area (Å²) >= 11 is 0. The van der Waals surface area contributed by atoms with Gasteiger partial charge in [0.05, 0.1) is 12.7 Å². The molecule has 1 aromatic rings. The maximum absolute atomic E-state index is 9.25. The van der Waals surface area contributed by atoms with E-state index in [0.29, 0.717) is 12.5 Å². The summed E-state index contributed by atoms with van der Waals surface area (Å²) in [5.74, 6) is 1.50. The Morgan fingerprint density at radius 2 is 1.95 bits per heavy atom. The number of hydrogen-bond donors (Lipinski definition) is 1. The quantitative estimate of drug-likeness (QED) is 0.691. The predicted molar refractivity (Wildman–Crippen MR) is 87.6 cm³/mol. The predicted octanol–water partition coefficient (Wildman–Crippen LogP) is 4.25. The van der Waals surface area contributed by atoms with Gasteiger partial charge in [0.1, 0.15) is 11.3 Å². The second kappa shape index (κ2) is 8.69. The van der Waals surface area contributed by atoms with E-state index in [4.69, 9.17) is 4.74 Å². The van der Waals surface area contributed by atoms with Crippen molar-refractivity contribution < 1.29 is 4.74 Å². The van der Waals surface area contributed by atoms with E-state index in [1.54, 1.807) is 0 Å². The third-order valence-electron chi connectivity index (χ3n) is 4.37. The maximum Gasteiger partial charge on any atom is 0.119 e. The summed E-state index contributed by atoms with van der Waals surface area (Å²) in [7, 11) is 1.85. The van der Waals surface area contributed by atoms with Gasteiger partial charge in [0.2, 0.25) is 0 Å². The van der Waals surface area contributed by atoms with Crippen LogP contribution in [-0.2, 0) is 0 Å². The SMILES string of the molecule is CCC(C)c1ccc(OCCCC(C#N)(CC)NC)cc1. The Balaban J connectivity index is 2.41. The Hall–Kier alpha value is -1.53. The largest absolute Gasteiger partial charge is 0.494 e. The second-order valence-electron chi connectivity index (χ2n) is 5.63. The highest BCUT2D eigenvalue weighted by Crippen LogP contribution is 2.22. The van der Waals surface area contributed by atoms with Crippen LogP contribution < -0.4 is 10.1 Å². The summed E-state index contributed by atoms with van der Waals surface area (Å²) in [6.45, 7) is 7.12. The molecule has 0 aliphatic heterocycles. The first-order valence-electron chi connectivity index (χ1n) is 7.93. The minimum atomic E-state index is -0.413. The van der Waals surface area contributed by atoms with Crippen molar-refractivity contribution in [2.75, 3.05) is 13.7 Å². The van der Waals surface area contributed by atoms with E-state index < -0.39 is 5.54 Å². The van der Waals surface area contributed by atoms with Gasteiger partial charge in [-0.05, 0) is 56.3 Å². The highest BCUT2D eigenvalue weighted by Gasteiger charge is 2.24. The zero-order chi connectivity index (χ0) is 15.7. The first-order chi connectivity index (χ1) is 10.1. The first kappa shape index (κ1) is 17.5. The first-order valence-corrected chi connectivity index (χ1v) is 7.93. The van der Waals surface area contributed by atoms with Crippen LogP contribution in [0.3, 0.4) is 0 Å². The summed E-state index contributed by atoms with van der Waals surface area (Å²) in [5.41, 5.74) is 0.943. The molecule has 1 aromatic carbocycles. The van der Waals surface area contributed by atoms with Crippen LogP contribution >= 0.6 is 0 Å². The van der Waals surface area contributed by atoms with Crippen molar-refractivity contribution in [1.29, 1.82) is 5.26 Å². The molecule has 0 aliphatic carbocycles. The van der Waals surface area contributed by atoms with E-state index in [2.05, 4.69) is 37.4 Å². The van der Waals surface area contributed by atoms with E-state index in [1.807, 2.05) is 26.1 Å². The lowest BCUT2D eigenvalue weighted by atomic mass is 9.92. The molecule has 0 amide bonds. The molecule has 1 rings (SSSR count). The third kappa shape index (κ3) is 5.06. The number of nitrogens with zero attached hydrogens (tertiary/aromatic N) is 1. The van der Waals surface area contributed by atoms with Crippen LogP contribution in [0, 0.1) is 11.3 Å². The fourth-order valence-corrected chi connectivity index (χ4v) is 2.36. The van der Waals surface area contributed by atoms with Gasteiger partial charge in [0.25, 0.3) is 0 Å². The van der Waals surface area contributed by atoms with E-state index in [9.17, 15) is 5.26 Å². The van der Waals surface area contributed by atoms with Crippen molar-refractivity contribution in [2.45, 2.75) is 57.9 Å². The standard InChI is InChI=1S/C18H28N2O/c1-5-15(3)16-8-10-17(11-9-16)21-13-7-12-18(6-2,14-19)20-4/h8-11,15,20H,5-7,12-13H2,1-4H3. The van der Waals surface area contributed by atoms with Gasteiger partial charge in [-0.25, -0.2) is 0 Å². The van der Waals surface area contributed by atoms with Crippen LogP contribution in [0.2, 0.25) is 0 Å². The van der Waals surface area contributed by atoms with Gasteiger partial charge in [-0.3, -0.25) is 0 Å². The lowest BCUT2D eigenvalue weighted by molar-refractivity contribution is 0.281. The smallest absolute Gasteiger partial charge is 0.119 e. The highest BCUT2D eigenvalue weighted by molar-refractivity contribution is 5.29. The highest BCUT2D eigenvalue weighted by atomic mass is 16.5. The van der Waals surface area contributed by atoms with Gasteiger partial charge in [-0.15, -0.1) is 0 Å². The molecule has 0 spiro atoms. The molecule has 0 heterocycles. The van der Waals surface area contributed by atoms with Crippen LogP contribution in [-0.4, -0.2) is 19.2 Å². The molecular formula is C18H28N2O. The molecule has 0 saturated heterocycles. The zero-order valence-corrected chi connectivity index (χ0v) is 13.8. The van der Waals surface area contributed by atoms with E-state index in [-0.39, 0.29) is 0 Å². The van der Waals surface area contributed by atoms with Crippen molar-refractivity contribution in [1.82, 2.24) is 5.32 Å². The fraction of sp³-hybridized carbons (Fsp3) is 0.611. The minimum Gasteiger partial charge on any atom is -0.494 e. The molecule has 0 radical (unpaired) electrons. The summed E-state index contributed by atoms with van der Waals surface area (Å²) in [6.07, 6.45) is 3.64. The topological polar surface area (TPSA) is 45.0 Å². The third-order valence-corrected chi connectivity index (χ3v) is 4.37. The number of benzene rings is 1. The lowest BCUT2D eigenvalue weighted by Crippen LogP contribution is -2.41. The van der Waals surface area contributed by atoms with Gasteiger partial charge >= 0.3 is 0 Å². The Morgan fingerprint density at radius 1 is 1.29 bits per heavy atom. The number of nitriles is 1. The Morgan fingerprint density at radius 3 is 2.43 bits per heavy atom. The van der Waals surface area contributed by atoms with Gasteiger partial charge in [-0.1, -0.05) is 32.9 Å². The van der Waals surface area contributed by atoms with Gasteiger partial charge < -0.3 is 10.1 Å². The Bertz CT molecular complexity index is 443. The van der Waals surface area contributed by atoms with Crippen LogP contribution in [0.25, 0.3) is 0 Å². The minimum absolute atomic E-state index is 0.413. The fourth-order valence-electron chi connectivity index (χ4n) is 2.36. The average molecular weight is 288 g/mol. The molecule has 21 heavy (non-hydrogen) atoms. The summed E-state index contributed by atoms with van der Waals surface area (Å²) in [4.78, 5) is 0. The molecule has 116 valence electrons. The van der Waals surface area contributed by atoms with Gasteiger partial charge in [0.15, 0.2) is 0 Å². The number of ether oxygens (including phenoxy) is 1. The molecule has 3 nitrogen and oxygen atoms in total. The van der Waals surface area contributed by atoms with Crippen LogP contribution in [0.5, 0.6) is 5.75 Å². The van der Waals surface area contributed by atoms with Crippen molar-refractivity contribution in [2.24, 2.45) is 0 Å². The van der Waals surface area contributed by atoms with Crippen LogP contribution in [0.15, 0.2) is 24.3 Å².